The van der Waals surface area contributed by atoms with E-state index < -0.39 is 0 Å². The van der Waals surface area contributed by atoms with Gasteiger partial charge in [0.2, 0.25) is 5.91 Å². The van der Waals surface area contributed by atoms with E-state index in [4.69, 9.17) is 5.73 Å². The second kappa shape index (κ2) is 26.9. The van der Waals surface area contributed by atoms with E-state index in [0.717, 1.165) is 6.42 Å². The number of hydrogen-bond donors (Lipinski definition) is 2. The van der Waals surface area contributed by atoms with Crippen LogP contribution < -0.4 is 11.9 Å². The molecule has 0 saturated carbocycles. The van der Waals surface area contributed by atoms with Gasteiger partial charge in [0.1, 0.15) is 0 Å². The normalized spacial score (nSPS) is 10.1. The number of rotatable bonds is 18. The summed E-state index contributed by atoms with van der Waals surface area (Å²) in [6.45, 7) is 8.20. The number of amides is 1. The van der Waals surface area contributed by atoms with Gasteiger partial charge in [-0.15, -0.1) is 0 Å². The molecule has 0 rings (SSSR count). The van der Waals surface area contributed by atoms with Crippen LogP contribution in [0.15, 0.2) is 0 Å². The summed E-state index contributed by atoms with van der Waals surface area (Å²) in [4.78, 5) is 21.1. The maximum atomic E-state index is 10.6. The summed E-state index contributed by atoms with van der Waals surface area (Å²) < 4.78 is 4.66. The number of unbranched alkanes of at least 4 members (excludes halogenated alkanes) is 14. The van der Waals surface area contributed by atoms with Gasteiger partial charge in [0.05, 0.1) is 12.5 Å². The number of esters is 1. The minimum atomic E-state index is -0.153. The number of ether oxygens (including phenoxy) is 1. The molecule has 5 N–H and O–H groups in total. The standard InChI is InChI=1S/C18H37NO.C6H12O2.H3N/c1-2-3-4-5-6-7-8-9-10-11-12-13-14-15-16-17-18(19)20;1-4-8-6(7)5(2)3;/h2-17H2,1H3,(H2,19,20);5H,4H2,1-3H3;1H3. The molecule has 29 heavy (non-hydrogen) atoms. The molecular formula is C24H52N2O3. The van der Waals surface area contributed by atoms with Crippen LogP contribution in [0.4, 0.5) is 0 Å². The van der Waals surface area contributed by atoms with Gasteiger partial charge in [-0.3, -0.25) is 9.59 Å². The molecule has 0 spiro atoms. The van der Waals surface area contributed by atoms with E-state index in [-0.39, 0.29) is 23.9 Å². The number of primary amides is 1. The van der Waals surface area contributed by atoms with Crippen LogP contribution in [0.1, 0.15) is 130 Å². The van der Waals surface area contributed by atoms with Crippen LogP contribution in [0.25, 0.3) is 0 Å². The Balaban J connectivity index is -0.000000636. The first-order valence-corrected chi connectivity index (χ1v) is 11.9. The number of carbonyl (C=O) groups is 2. The zero-order valence-electron chi connectivity index (χ0n) is 20.1. The zero-order chi connectivity index (χ0) is 21.5. The predicted octanol–water partition coefficient (Wildman–Crippen LogP) is 7.10. The fourth-order valence-corrected chi connectivity index (χ4v) is 2.98. The van der Waals surface area contributed by atoms with Gasteiger partial charge in [-0.25, -0.2) is 0 Å². The first-order valence-electron chi connectivity index (χ1n) is 11.9. The minimum absolute atomic E-state index is 0. The fourth-order valence-electron chi connectivity index (χ4n) is 2.98. The van der Waals surface area contributed by atoms with Crippen molar-refractivity contribution in [3.05, 3.63) is 0 Å². The van der Waals surface area contributed by atoms with Crippen LogP contribution in [0.3, 0.4) is 0 Å². The van der Waals surface area contributed by atoms with Gasteiger partial charge >= 0.3 is 5.97 Å². The van der Waals surface area contributed by atoms with Crippen LogP contribution in [-0.2, 0) is 14.3 Å². The smallest absolute Gasteiger partial charge is 0.308 e. The van der Waals surface area contributed by atoms with Gasteiger partial charge in [0, 0.05) is 6.42 Å². The average molecular weight is 417 g/mol. The molecular weight excluding hydrogens is 364 g/mol. The Morgan fingerprint density at radius 3 is 1.28 bits per heavy atom. The third-order valence-electron chi connectivity index (χ3n) is 4.78. The van der Waals surface area contributed by atoms with Crippen LogP contribution in [0.2, 0.25) is 0 Å². The van der Waals surface area contributed by atoms with E-state index in [9.17, 15) is 9.59 Å². The van der Waals surface area contributed by atoms with Gasteiger partial charge in [0.25, 0.3) is 0 Å². The fraction of sp³-hybridized carbons (Fsp3) is 0.917. The van der Waals surface area contributed by atoms with Crippen LogP contribution in [-0.4, -0.2) is 18.5 Å². The van der Waals surface area contributed by atoms with E-state index in [1.165, 1.54) is 89.9 Å². The zero-order valence-corrected chi connectivity index (χ0v) is 20.1. The van der Waals surface area contributed by atoms with Gasteiger partial charge < -0.3 is 16.6 Å². The summed E-state index contributed by atoms with van der Waals surface area (Å²) >= 11 is 0. The van der Waals surface area contributed by atoms with Gasteiger partial charge in [0.15, 0.2) is 0 Å². The second-order valence-electron chi connectivity index (χ2n) is 8.07. The lowest BCUT2D eigenvalue weighted by molar-refractivity contribution is -0.146. The van der Waals surface area contributed by atoms with Gasteiger partial charge in [-0.1, -0.05) is 111 Å². The van der Waals surface area contributed by atoms with Crippen molar-refractivity contribution in [2.75, 3.05) is 6.61 Å². The van der Waals surface area contributed by atoms with Gasteiger partial charge in [-0.05, 0) is 13.3 Å². The topological polar surface area (TPSA) is 104 Å². The average Bonchev–Trinajstić information content (AvgIpc) is 2.65. The van der Waals surface area contributed by atoms with Crippen molar-refractivity contribution < 1.29 is 14.3 Å². The molecule has 5 heteroatoms. The molecule has 0 atom stereocenters. The summed E-state index contributed by atoms with van der Waals surface area (Å²) in [6.07, 6.45) is 20.9. The van der Waals surface area contributed by atoms with Crippen molar-refractivity contribution in [3.8, 4) is 0 Å². The van der Waals surface area contributed by atoms with Crippen molar-refractivity contribution in [2.45, 2.75) is 130 Å². The van der Waals surface area contributed by atoms with Crippen molar-refractivity contribution in [3.63, 3.8) is 0 Å². The molecule has 0 fully saturated rings. The first-order chi connectivity index (χ1) is 13.5. The molecule has 0 bridgehead atoms. The Hall–Kier alpha value is -1.10. The SMILES string of the molecule is CCCCCCCCCCCCCCCCCC(N)=O.CCOC(=O)C(C)C.N. The highest BCUT2D eigenvalue weighted by Crippen LogP contribution is 2.13. The molecule has 1 amide bonds. The van der Waals surface area contributed by atoms with E-state index in [0.29, 0.717) is 13.0 Å². The van der Waals surface area contributed by atoms with E-state index in [1.54, 1.807) is 6.92 Å². The molecule has 0 aromatic carbocycles. The molecule has 176 valence electrons. The Morgan fingerprint density at radius 2 is 1.03 bits per heavy atom. The maximum absolute atomic E-state index is 10.6. The molecule has 0 aliphatic rings. The largest absolute Gasteiger partial charge is 0.466 e. The summed E-state index contributed by atoms with van der Waals surface area (Å²) in [5, 5.41) is 0. The Bertz CT molecular complexity index is 347. The van der Waals surface area contributed by atoms with Crippen molar-refractivity contribution in [1.29, 1.82) is 0 Å². The van der Waals surface area contributed by atoms with Crippen molar-refractivity contribution >= 4 is 11.9 Å². The Kier molecular flexibility index (Phi) is 30.2. The molecule has 0 aromatic rings. The number of carbonyl (C=O) groups excluding carboxylic acids is 2. The second-order valence-corrected chi connectivity index (χ2v) is 8.07. The predicted molar refractivity (Wildman–Crippen MR) is 125 cm³/mol. The van der Waals surface area contributed by atoms with E-state index >= 15 is 0 Å². The molecule has 0 radical (unpaired) electrons. The molecule has 0 aliphatic carbocycles. The Labute approximate surface area is 181 Å². The summed E-state index contributed by atoms with van der Waals surface area (Å²) in [6, 6.07) is 0. The van der Waals surface area contributed by atoms with Crippen LogP contribution in [0, 0.1) is 5.92 Å². The van der Waals surface area contributed by atoms with Crippen LogP contribution in [0.5, 0.6) is 0 Å². The van der Waals surface area contributed by atoms with Crippen LogP contribution >= 0.6 is 0 Å². The Morgan fingerprint density at radius 1 is 0.690 bits per heavy atom. The summed E-state index contributed by atoms with van der Waals surface area (Å²) in [5.74, 6) is -0.262. The third-order valence-corrected chi connectivity index (χ3v) is 4.78. The quantitative estimate of drug-likeness (QED) is 0.183. The van der Waals surface area contributed by atoms with E-state index in [1.807, 2.05) is 13.8 Å². The molecule has 5 nitrogen and oxygen atoms in total. The highest BCUT2D eigenvalue weighted by atomic mass is 16.5. The summed E-state index contributed by atoms with van der Waals surface area (Å²) in [7, 11) is 0. The lowest BCUT2D eigenvalue weighted by Crippen LogP contribution is -2.10. The lowest BCUT2D eigenvalue weighted by Gasteiger charge is -2.03. The van der Waals surface area contributed by atoms with Crippen molar-refractivity contribution in [1.82, 2.24) is 6.15 Å². The highest BCUT2D eigenvalue weighted by Gasteiger charge is 2.05. The first kappa shape index (κ1) is 32.6. The van der Waals surface area contributed by atoms with E-state index in [2.05, 4.69) is 11.7 Å². The lowest BCUT2D eigenvalue weighted by atomic mass is 10.0. The molecule has 0 aromatic heterocycles. The molecule has 0 unspecified atom stereocenters. The minimum Gasteiger partial charge on any atom is -0.466 e. The molecule has 0 heterocycles. The third kappa shape index (κ3) is 31.8. The number of nitrogens with two attached hydrogens (primary N) is 1. The van der Waals surface area contributed by atoms with Gasteiger partial charge in [-0.2, -0.15) is 0 Å². The monoisotopic (exact) mass is 416 g/mol. The summed E-state index contributed by atoms with van der Waals surface area (Å²) in [5.41, 5.74) is 5.11. The number of hydrogen-bond acceptors (Lipinski definition) is 4. The highest BCUT2D eigenvalue weighted by molar-refractivity contribution is 5.73. The van der Waals surface area contributed by atoms with Crippen molar-refractivity contribution in [2.24, 2.45) is 11.7 Å². The maximum Gasteiger partial charge on any atom is 0.308 e. The molecule has 0 saturated heterocycles. The molecule has 0 aliphatic heterocycles.